The van der Waals surface area contributed by atoms with E-state index in [4.69, 9.17) is 4.74 Å². The van der Waals surface area contributed by atoms with Gasteiger partial charge in [-0.25, -0.2) is 12.7 Å². The third-order valence-electron chi connectivity index (χ3n) is 4.90. The highest BCUT2D eigenvalue weighted by atomic mass is 32.2. The number of sulfonamides is 1. The zero-order valence-electron chi connectivity index (χ0n) is 12.6. The smallest absolute Gasteiger partial charge is 0.310 e. The third-order valence-corrected chi connectivity index (χ3v) is 7.27. The second-order valence-electron chi connectivity index (χ2n) is 6.62. The molecule has 5 nitrogen and oxygen atoms in total. The summed E-state index contributed by atoms with van der Waals surface area (Å²) in [5.41, 5.74) is -0.214. The number of methoxy groups -OCH3 is 1. The first-order valence-electron chi connectivity index (χ1n) is 7.36. The van der Waals surface area contributed by atoms with E-state index in [0.717, 1.165) is 25.7 Å². The lowest BCUT2D eigenvalue weighted by atomic mass is 9.74. The Bertz CT molecular complexity index is 466. The minimum atomic E-state index is -3.26. The van der Waals surface area contributed by atoms with Crippen LogP contribution in [0.2, 0.25) is 0 Å². The Labute approximate surface area is 121 Å². The predicted molar refractivity (Wildman–Crippen MR) is 76.7 cm³/mol. The monoisotopic (exact) mass is 303 g/mol. The van der Waals surface area contributed by atoms with Crippen LogP contribution in [0.5, 0.6) is 0 Å². The van der Waals surface area contributed by atoms with E-state index in [1.807, 2.05) is 13.8 Å². The third kappa shape index (κ3) is 2.86. The normalized spacial score (nSPS) is 28.4. The van der Waals surface area contributed by atoms with Crippen LogP contribution in [-0.2, 0) is 19.6 Å². The molecular formula is C14H25NO4S. The summed E-state index contributed by atoms with van der Waals surface area (Å²) in [5, 5.41) is -0.248. The second kappa shape index (κ2) is 5.64. The van der Waals surface area contributed by atoms with Crippen molar-refractivity contribution in [2.24, 2.45) is 11.3 Å². The summed E-state index contributed by atoms with van der Waals surface area (Å²) in [6.07, 6.45) is 4.18. The van der Waals surface area contributed by atoms with E-state index in [1.54, 1.807) is 0 Å². The largest absolute Gasteiger partial charge is 0.469 e. The number of carbonyl (C=O) groups excluding carboxylic acids is 1. The number of hydrogen-bond acceptors (Lipinski definition) is 4. The second-order valence-corrected chi connectivity index (χ2v) is 8.84. The van der Waals surface area contributed by atoms with Gasteiger partial charge in [0.05, 0.1) is 18.3 Å². The lowest BCUT2D eigenvalue weighted by Crippen LogP contribution is -2.52. The zero-order valence-corrected chi connectivity index (χ0v) is 13.4. The number of nitrogens with zero attached hydrogens (tertiary/aromatic N) is 1. The van der Waals surface area contributed by atoms with Gasteiger partial charge < -0.3 is 4.74 Å². The molecule has 0 spiro atoms. The van der Waals surface area contributed by atoms with Crippen molar-refractivity contribution in [2.75, 3.05) is 20.2 Å². The summed E-state index contributed by atoms with van der Waals surface area (Å²) in [4.78, 5) is 11.9. The van der Waals surface area contributed by atoms with Gasteiger partial charge in [0, 0.05) is 13.1 Å². The number of ether oxygens (including phenoxy) is 1. The summed E-state index contributed by atoms with van der Waals surface area (Å²) in [6, 6.07) is 0. The minimum absolute atomic E-state index is 0.214. The fourth-order valence-electron chi connectivity index (χ4n) is 3.29. The van der Waals surface area contributed by atoms with E-state index in [-0.39, 0.29) is 29.1 Å². The van der Waals surface area contributed by atoms with Crippen LogP contribution in [0.15, 0.2) is 0 Å². The zero-order chi connectivity index (χ0) is 15.0. The fourth-order valence-corrected chi connectivity index (χ4v) is 5.35. The molecule has 2 aliphatic rings. The lowest BCUT2D eigenvalue weighted by molar-refractivity contribution is -0.151. The molecule has 20 heavy (non-hydrogen) atoms. The van der Waals surface area contributed by atoms with Crippen LogP contribution in [-0.4, -0.2) is 44.1 Å². The average molecular weight is 303 g/mol. The Balaban J connectivity index is 2.17. The predicted octanol–water partition coefficient (Wildman–Crippen LogP) is 1.78. The van der Waals surface area contributed by atoms with Gasteiger partial charge in [0.2, 0.25) is 10.0 Å². The van der Waals surface area contributed by atoms with Crippen molar-refractivity contribution in [3.63, 3.8) is 0 Å². The molecule has 0 aromatic heterocycles. The van der Waals surface area contributed by atoms with E-state index in [9.17, 15) is 13.2 Å². The highest BCUT2D eigenvalue weighted by molar-refractivity contribution is 7.89. The van der Waals surface area contributed by atoms with Crippen LogP contribution < -0.4 is 0 Å². The first-order valence-corrected chi connectivity index (χ1v) is 8.86. The number of hydrogen-bond donors (Lipinski definition) is 0. The molecule has 0 bridgehead atoms. The number of esters is 1. The van der Waals surface area contributed by atoms with Crippen LogP contribution in [0.1, 0.15) is 46.0 Å². The lowest BCUT2D eigenvalue weighted by Gasteiger charge is -2.42. The number of carbonyl (C=O) groups is 1. The molecule has 0 aromatic carbocycles. The van der Waals surface area contributed by atoms with Gasteiger partial charge in [-0.3, -0.25) is 4.79 Å². The maximum Gasteiger partial charge on any atom is 0.310 e. The van der Waals surface area contributed by atoms with Gasteiger partial charge in [0.15, 0.2) is 0 Å². The van der Waals surface area contributed by atoms with Gasteiger partial charge in [0.25, 0.3) is 0 Å². The van der Waals surface area contributed by atoms with E-state index in [0.29, 0.717) is 13.0 Å². The average Bonchev–Trinajstić information content (AvgIpc) is 2.91. The quantitative estimate of drug-likeness (QED) is 0.746. The molecule has 116 valence electrons. The van der Waals surface area contributed by atoms with Crippen LogP contribution in [0.4, 0.5) is 0 Å². The molecule has 0 radical (unpaired) electrons. The topological polar surface area (TPSA) is 63.7 Å². The molecule has 1 saturated heterocycles. The minimum Gasteiger partial charge on any atom is -0.469 e. The summed E-state index contributed by atoms with van der Waals surface area (Å²) < 4.78 is 31.6. The molecule has 1 saturated carbocycles. The van der Waals surface area contributed by atoms with Crippen LogP contribution in [0.25, 0.3) is 0 Å². The van der Waals surface area contributed by atoms with E-state index in [1.165, 1.54) is 11.4 Å². The van der Waals surface area contributed by atoms with Crippen LogP contribution in [0, 0.1) is 11.3 Å². The summed E-state index contributed by atoms with van der Waals surface area (Å²) >= 11 is 0. The summed E-state index contributed by atoms with van der Waals surface area (Å²) in [5.74, 6) is -0.682. The Hall–Kier alpha value is -0.620. The fraction of sp³-hybridized carbons (Fsp3) is 0.929. The van der Waals surface area contributed by atoms with E-state index in [2.05, 4.69) is 0 Å². The van der Waals surface area contributed by atoms with Crippen molar-refractivity contribution in [3.8, 4) is 0 Å². The molecule has 0 aromatic rings. The van der Waals surface area contributed by atoms with Gasteiger partial charge >= 0.3 is 5.97 Å². The van der Waals surface area contributed by atoms with Crippen molar-refractivity contribution >= 4 is 16.0 Å². The highest BCUT2D eigenvalue weighted by Gasteiger charge is 2.45. The van der Waals surface area contributed by atoms with Crippen molar-refractivity contribution in [3.05, 3.63) is 0 Å². The van der Waals surface area contributed by atoms with Gasteiger partial charge in [-0.15, -0.1) is 0 Å². The standard InChI is InChI=1S/C14H25NO4S/c1-14(2)8-9-15(10-12(14)13(16)19-3)20(17,18)11-6-4-5-7-11/h11-12H,4-10H2,1-3H3. The Morgan fingerprint density at radius 2 is 1.85 bits per heavy atom. The van der Waals surface area contributed by atoms with Gasteiger partial charge in [-0.05, 0) is 24.7 Å². The number of piperidine rings is 1. The first-order chi connectivity index (χ1) is 9.29. The molecule has 1 heterocycles. The SMILES string of the molecule is COC(=O)C1CN(S(=O)(=O)C2CCCC2)CCC1(C)C. The molecular weight excluding hydrogens is 278 g/mol. The number of rotatable bonds is 3. The van der Waals surface area contributed by atoms with E-state index < -0.39 is 10.0 Å². The van der Waals surface area contributed by atoms with Crippen LogP contribution in [0.3, 0.4) is 0 Å². The summed E-state index contributed by atoms with van der Waals surface area (Å²) in [6.45, 7) is 4.79. The molecule has 1 aliphatic carbocycles. The molecule has 1 aliphatic heterocycles. The molecule has 2 fully saturated rings. The van der Waals surface area contributed by atoms with Gasteiger partial charge in [-0.1, -0.05) is 26.7 Å². The van der Waals surface area contributed by atoms with Crippen molar-refractivity contribution in [1.82, 2.24) is 4.31 Å². The molecule has 0 N–H and O–H groups in total. The molecule has 2 rings (SSSR count). The molecule has 0 amide bonds. The Morgan fingerprint density at radius 3 is 2.40 bits per heavy atom. The van der Waals surface area contributed by atoms with Crippen molar-refractivity contribution in [2.45, 2.75) is 51.2 Å². The maximum atomic E-state index is 12.6. The van der Waals surface area contributed by atoms with Crippen molar-refractivity contribution in [1.29, 1.82) is 0 Å². The Morgan fingerprint density at radius 1 is 1.25 bits per heavy atom. The van der Waals surface area contributed by atoms with Crippen LogP contribution >= 0.6 is 0 Å². The maximum absolute atomic E-state index is 12.6. The molecule has 1 atom stereocenters. The van der Waals surface area contributed by atoms with E-state index >= 15 is 0 Å². The first kappa shape index (κ1) is 15.8. The Kier molecular flexibility index (Phi) is 4.44. The van der Waals surface area contributed by atoms with Crippen molar-refractivity contribution < 1.29 is 17.9 Å². The van der Waals surface area contributed by atoms with Gasteiger partial charge in [-0.2, -0.15) is 0 Å². The molecule has 1 unspecified atom stereocenters. The van der Waals surface area contributed by atoms with Gasteiger partial charge in [0.1, 0.15) is 0 Å². The molecule has 6 heteroatoms. The highest BCUT2D eigenvalue weighted by Crippen LogP contribution is 2.39. The summed E-state index contributed by atoms with van der Waals surface area (Å²) in [7, 11) is -1.90.